The highest BCUT2D eigenvalue weighted by Crippen LogP contribution is 2.25. The SMILES string of the molecule is Cc1ccc([N+](=O)[O-])cc1-n1nnc(CN)c1C(C)C. The molecule has 0 aliphatic rings. The van der Waals surface area contributed by atoms with Crippen LogP contribution in [0, 0.1) is 17.0 Å². The molecule has 0 fully saturated rings. The molecule has 2 rings (SSSR count). The second-order valence-corrected chi connectivity index (χ2v) is 4.92. The van der Waals surface area contributed by atoms with Gasteiger partial charge in [-0.05, 0) is 18.4 Å². The summed E-state index contributed by atoms with van der Waals surface area (Å²) in [4.78, 5) is 10.5. The van der Waals surface area contributed by atoms with Crippen molar-refractivity contribution in [3.8, 4) is 5.69 Å². The fourth-order valence-corrected chi connectivity index (χ4v) is 2.16. The number of hydrogen-bond donors (Lipinski definition) is 1. The first-order chi connectivity index (χ1) is 9.45. The predicted molar refractivity (Wildman–Crippen MR) is 74.7 cm³/mol. The number of hydrogen-bond acceptors (Lipinski definition) is 5. The van der Waals surface area contributed by atoms with Crippen molar-refractivity contribution in [2.24, 2.45) is 5.73 Å². The highest BCUT2D eigenvalue weighted by atomic mass is 16.6. The van der Waals surface area contributed by atoms with Crippen LogP contribution in [0.2, 0.25) is 0 Å². The van der Waals surface area contributed by atoms with Crippen LogP contribution in [0.1, 0.15) is 36.7 Å². The molecular formula is C13H17N5O2. The standard InChI is InChI=1S/C13H17N5O2/c1-8(2)13-11(7-14)15-16-17(13)12-6-10(18(19)20)5-4-9(12)3/h4-6,8H,7,14H2,1-3H3. The zero-order chi connectivity index (χ0) is 14.9. The first-order valence-corrected chi connectivity index (χ1v) is 6.35. The lowest BCUT2D eigenvalue weighted by Gasteiger charge is -2.12. The molecule has 0 radical (unpaired) electrons. The minimum Gasteiger partial charge on any atom is -0.325 e. The summed E-state index contributed by atoms with van der Waals surface area (Å²) >= 11 is 0. The van der Waals surface area contributed by atoms with Crippen LogP contribution in [-0.4, -0.2) is 19.9 Å². The molecular weight excluding hydrogens is 258 g/mol. The fourth-order valence-electron chi connectivity index (χ4n) is 2.16. The van der Waals surface area contributed by atoms with Gasteiger partial charge in [0.2, 0.25) is 0 Å². The highest BCUT2D eigenvalue weighted by molar-refractivity contribution is 5.49. The molecule has 0 atom stereocenters. The molecule has 106 valence electrons. The van der Waals surface area contributed by atoms with Crippen molar-refractivity contribution in [1.29, 1.82) is 0 Å². The van der Waals surface area contributed by atoms with Crippen LogP contribution < -0.4 is 5.73 Å². The van der Waals surface area contributed by atoms with Gasteiger partial charge < -0.3 is 5.73 Å². The van der Waals surface area contributed by atoms with Gasteiger partial charge in [0.15, 0.2) is 0 Å². The summed E-state index contributed by atoms with van der Waals surface area (Å²) in [6.45, 7) is 6.20. The van der Waals surface area contributed by atoms with Gasteiger partial charge in [0, 0.05) is 18.7 Å². The predicted octanol–water partition coefficient (Wildman–Crippen LogP) is 2.07. The molecule has 0 saturated heterocycles. The average Bonchev–Trinajstić information content (AvgIpc) is 2.82. The molecule has 1 heterocycles. The summed E-state index contributed by atoms with van der Waals surface area (Å²) in [5.74, 6) is 0.169. The zero-order valence-electron chi connectivity index (χ0n) is 11.7. The van der Waals surface area contributed by atoms with Crippen LogP contribution >= 0.6 is 0 Å². The number of nitrogens with two attached hydrogens (primary N) is 1. The van der Waals surface area contributed by atoms with E-state index in [0.29, 0.717) is 17.9 Å². The van der Waals surface area contributed by atoms with Gasteiger partial charge in [-0.2, -0.15) is 0 Å². The van der Waals surface area contributed by atoms with E-state index in [1.807, 2.05) is 20.8 Å². The maximum absolute atomic E-state index is 10.9. The molecule has 1 aromatic heterocycles. The third-order valence-corrected chi connectivity index (χ3v) is 3.15. The summed E-state index contributed by atoms with van der Waals surface area (Å²) in [7, 11) is 0. The molecule has 0 aliphatic heterocycles. The Morgan fingerprint density at radius 1 is 1.45 bits per heavy atom. The van der Waals surface area contributed by atoms with Gasteiger partial charge in [0.25, 0.3) is 5.69 Å². The van der Waals surface area contributed by atoms with Crippen LogP contribution in [0.5, 0.6) is 0 Å². The van der Waals surface area contributed by atoms with Crippen LogP contribution in [0.4, 0.5) is 5.69 Å². The molecule has 20 heavy (non-hydrogen) atoms. The maximum atomic E-state index is 10.9. The van der Waals surface area contributed by atoms with Crippen molar-refractivity contribution in [2.75, 3.05) is 0 Å². The summed E-state index contributed by atoms with van der Waals surface area (Å²) in [6, 6.07) is 4.70. The lowest BCUT2D eigenvalue weighted by atomic mass is 10.1. The monoisotopic (exact) mass is 275 g/mol. The van der Waals surface area contributed by atoms with Crippen molar-refractivity contribution in [1.82, 2.24) is 15.0 Å². The third kappa shape index (κ3) is 2.39. The average molecular weight is 275 g/mol. The molecule has 1 aromatic carbocycles. The summed E-state index contributed by atoms with van der Waals surface area (Å²) in [5.41, 5.74) is 8.86. The molecule has 0 bridgehead atoms. The second kappa shape index (κ2) is 5.38. The second-order valence-electron chi connectivity index (χ2n) is 4.92. The van der Waals surface area contributed by atoms with Gasteiger partial charge in [-0.3, -0.25) is 10.1 Å². The van der Waals surface area contributed by atoms with Crippen LogP contribution in [0.15, 0.2) is 18.2 Å². The molecule has 7 heteroatoms. The van der Waals surface area contributed by atoms with Gasteiger partial charge in [0.1, 0.15) is 5.69 Å². The van der Waals surface area contributed by atoms with Crippen molar-refractivity contribution < 1.29 is 4.92 Å². The molecule has 0 amide bonds. The van der Waals surface area contributed by atoms with E-state index in [1.165, 1.54) is 12.1 Å². The number of aromatic nitrogens is 3. The first kappa shape index (κ1) is 14.1. The molecule has 7 nitrogen and oxygen atoms in total. The smallest absolute Gasteiger partial charge is 0.271 e. The van der Waals surface area contributed by atoms with Gasteiger partial charge in [-0.25, -0.2) is 4.68 Å². The Balaban J connectivity index is 2.65. The van der Waals surface area contributed by atoms with E-state index in [2.05, 4.69) is 10.3 Å². The number of nitro benzene ring substituents is 1. The normalized spacial score (nSPS) is 11.1. The Bertz CT molecular complexity index is 648. The number of non-ortho nitro benzene ring substituents is 1. The Kier molecular flexibility index (Phi) is 3.80. The zero-order valence-corrected chi connectivity index (χ0v) is 11.7. The molecule has 2 aromatic rings. The van der Waals surface area contributed by atoms with E-state index in [9.17, 15) is 10.1 Å². The van der Waals surface area contributed by atoms with Gasteiger partial charge in [-0.1, -0.05) is 25.1 Å². The Morgan fingerprint density at radius 3 is 2.70 bits per heavy atom. The van der Waals surface area contributed by atoms with E-state index in [-0.39, 0.29) is 11.6 Å². The topological polar surface area (TPSA) is 99.9 Å². The first-order valence-electron chi connectivity index (χ1n) is 6.35. The number of benzene rings is 1. The van der Waals surface area contributed by atoms with E-state index < -0.39 is 4.92 Å². The number of rotatable bonds is 4. The van der Waals surface area contributed by atoms with Crippen molar-refractivity contribution in [3.63, 3.8) is 0 Å². The largest absolute Gasteiger partial charge is 0.325 e. The summed E-state index contributed by atoms with van der Waals surface area (Å²) in [6.07, 6.45) is 0. The lowest BCUT2D eigenvalue weighted by Crippen LogP contribution is -2.09. The minimum atomic E-state index is -0.418. The van der Waals surface area contributed by atoms with Crippen LogP contribution in [-0.2, 0) is 6.54 Å². The number of aryl methyl sites for hydroxylation is 1. The molecule has 2 N–H and O–H groups in total. The number of nitrogens with zero attached hydrogens (tertiary/aromatic N) is 4. The van der Waals surface area contributed by atoms with Crippen molar-refractivity contribution in [2.45, 2.75) is 33.2 Å². The molecule has 0 spiro atoms. The minimum absolute atomic E-state index is 0.0325. The Morgan fingerprint density at radius 2 is 2.15 bits per heavy atom. The quantitative estimate of drug-likeness (QED) is 0.680. The van der Waals surface area contributed by atoms with E-state index in [4.69, 9.17) is 5.73 Å². The molecule has 0 saturated carbocycles. The molecule has 0 aliphatic carbocycles. The summed E-state index contributed by atoms with van der Waals surface area (Å²) in [5, 5.41) is 19.1. The van der Waals surface area contributed by atoms with Gasteiger partial charge in [0.05, 0.1) is 16.3 Å². The van der Waals surface area contributed by atoms with Gasteiger partial charge in [-0.15, -0.1) is 5.10 Å². The molecule has 0 unspecified atom stereocenters. The Labute approximate surface area is 116 Å². The van der Waals surface area contributed by atoms with Gasteiger partial charge >= 0.3 is 0 Å². The van der Waals surface area contributed by atoms with E-state index in [0.717, 1.165) is 11.3 Å². The summed E-state index contributed by atoms with van der Waals surface area (Å²) < 4.78 is 1.65. The third-order valence-electron chi connectivity index (χ3n) is 3.15. The maximum Gasteiger partial charge on any atom is 0.271 e. The van der Waals surface area contributed by atoms with E-state index >= 15 is 0 Å². The van der Waals surface area contributed by atoms with Crippen LogP contribution in [0.3, 0.4) is 0 Å². The van der Waals surface area contributed by atoms with E-state index in [1.54, 1.807) is 10.7 Å². The fraction of sp³-hybridized carbons (Fsp3) is 0.385. The lowest BCUT2D eigenvalue weighted by molar-refractivity contribution is -0.384. The van der Waals surface area contributed by atoms with Crippen LogP contribution in [0.25, 0.3) is 5.69 Å². The van der Waals surface area contributed by atoms with Crippen molar-refractivity contribution >= 4 is 5.69 Å². The van der Waals surface area contributed by atoms with Crippen molar-refractivity contribution in [3.05, 3.63) is 45.3 Å². The Hall–Kier alpha value is -2.28. The number of nitro groups is 1. The highest BCUT2D eigenvalue weighted by Gasteiger charge is 2.19.